The summed E-state index contributed by atoms with van der Waals surface area (Å²) in [5.74, 6) is 0.760. The molecule has 1 aromatic heterocycles. The first-order valence-electron chi connectivity index (χ1n) is 7.71. The molecule has 1 aliphatic carbocycles. The summed E-state index contributed by atoms with van der Waals surface area (Å²) in [6.07, 6.45) is 1.98. The molecule has 0 spiro atoms. The van der Waals surface area contributed by atoms with E-state index in [0.717, 1.165) is 34.6 Å². The molecule has 0 radical (unpaired) electrons. The fourth-order valence-corrected chi connectivity index (χ4v) is 3.53. The molecule has 23 heavy (non-hydrogen) atoms. The van der Waals surface area contributed by atoms with E-state index in [0.29, 0.717) is 11.4 Å². The highest BCUT2D eigenvalue weighted by Crippen LogP contribution is 2.44. The van der Waals surface area contributed by atoms with Crippen LogP contribution in [0.5, 0.6) is 5.75 Å². The average molecular weight is 331 g/mol. The van der Waals surface area contributed by atoms with E-state index in [9.17, 15) is 9.90 Å². The number of rotatable bonds is 6. The highest BCUT2D eigenvalue weighted by molar-refractivity contribution is 7.14. The van der Waals surface area contributed by atoms with Crippen molar-refractivity contribution in [2.45, 2.75) is 19.8 Å². The van der Waals surface area contributed by atoms with Crippen molar-refractivity contribution in [2.75, 3.05) is 20.3 Å². The number of methoxy groups -OCH3 is 1. The fraction of sp³-hybridized carbons (Fsp3) is 0.389. The Morgan fingerprint density at radius 1 is 1.35 bits per heavy atom. The van der Waals surface area contributed by atoms with E-state index in [1.54, 1.807) is 7.11 Å². The summed E-state index contributed by atoms with van der Waals surface area (Å²) in [6.45, 7) is 2.72. The summed E-state index contributed by atoms with van der Waals surface area (Å²) in [5.41, 5.74) is 2.08. The molecule has 1 heterocycles. The van der Waals surface area contributed by atoms with Gasteiger partial charge in [0.05, 0.1) is 18.6 Å². The number of ether oxygens (including phenoxy) is 1. The second-order valence-electron chi connectivity index (χ2n) is 6.15. The van der Waals surface area contributed by atoms with Gasteiger partial charge in [0.1, 0.15) is 5.75 Å². The Morgan fingerprint density at radius 2 is 2.04 bits per heavy atom. The predicted octanol–water partition coefficient (Wildman–Crippen LogP) is 3.23. The normalized spacial score (nSPS) is 15.3. The Bertz CT molecular complexity index is 702. The van der Waals surface area contributed by atoms with Crippen LogP contribution in [0.25, 0.3) is 11.1 Å². The summed E-state index contributed by atoms with van der Waals surface area (Å²) >= 11 is 1.50. The van der Waals surface area contributed by atoms with E-state index >= 15 is 0 Å². The van der Waals surface area contributed by atoms with Crippen molar-refractivity contribution in [2.24, 2.45) is 5.41 Å². The molecule has 1 fully saturated rings. The van der Waals surface area contributed by atoms with Gasteiger partial charge in [-0.05, 0) is 49.1 Å². The Balaban J connectivity index is 1.73. The second-order valence-corrected chi connectivity index (χ2v) is 7.41. The SMILES string of the molecule is COc1ccc(-c2cc(C(=O)NCC3(CO)CC3)sc2C)cc1. The van der Waals surface area contributed by atoms with Gasteiger partial charge in [0, 0.05) is 16.8 Å². The Kier molecular flexibility index (Phi) is 4.41. The summed E-state index contributed by atoms with van der Waals surface area (Å²) in [7, 11) is 1.65. The largest absolute Gasteiger partial charge is 0.497 e. The first kappa shape index (κ1) is 16.0. The number of hydrogen-bond acceptors (Lipinski definition) is 4. The van der Waals surface area contributed by atoms with Crippen LogP contribution in [0.15, 0.2) is 30.3 Å². The van der Waals surface area contributed by atoms with Crippen LogP contribution in [0.1, 0.15) is 27.4 Å². The molecule has 4 nitrogen and oxygen atoms in total. The van der Waals surface area contributed by atoms with E-state index in [4.69, 9.17) is 4.74 Å². The van der Waals surface area contributed by atoms with Gasteiger partial charge >= 0.3 is 0 Å². The number of carbonyl (C=O) groups is 1. The van der Waals surface area contributed by atoms with Crippen molar-refractivity contribution in [1.29, 1.82) is 0 Å². The predicted molar refractivity (Wildman–Crippen MR) is 92.1 cm³/mol. The van der Waals surface area contributed by atoms with E-state index in [1.807, 2.05) is 37.3 Å². The molecule has 1 saturated carbocycles. The van der Waals surface area contributed by atoms with E-state index in [1.165, 1.54) is 11.3 Å². The fourth-order valence-electron chi connectivity index (χ4n) is 2.57. The van der Waals surface area contributed by atoms with Gasteiger partial charge in [-0.1, -0.05) is 12.1 Å². The molecule has 1 aliphatic rings. The number of benzene rings is 1. The molecule has 0 aliphatic heterocycles. The Hall–Kier alpha value is -1.85. The first-order chi connectivity index (χ1) is 11.1. The second kappa shape index (κ2) is 6.34. The van der Waals surface area contributed by atoms with Crippen molar-refractivity contribution < 1.29 is 14.6 Å². The molecule has 3 rings (SSSR count). The van der Waals surface area contributed by atoms with Crippen molar-refractivity contribution in [3.05, 3.63) is 40.1 Å². The maximum Gasteiger partial charge on any atom is 0.261 e. The van der Waals surface area contributed by atoms with E-state index in [2.05, 4.69) is 5.32 Å². The molecular formula is C18H21NO3S. The number of aliphatic hydroxyl groups excluding tert-OH is 1. The van der Waals surface area contributed by atoms with Crippen molar-refractivity contribution >= 4 is 17.2 Å². The lowest BCUT2D eigenvalue weighted by Gasteiger charge is -2.11. The zero-order chi connectivity index (χ0) is 16.4. The van der Waals surface area contributed by atoms with Crippen LogP contribution >= 0.6 is 11.3 Å². The summed E-state index contributed by atoms with van der Waals surface area (Å²) in [5, 5.41) is 12.3. The molecule has 2 N–H and O–H groups in total. The molecule has 1 amide bonds. The van der Waals surface area contributed by atoms with Gasteiger partial charge in [-0.25, -0.2) is 0 Å². The van der Waals surface area contributed by atoms with Crippen molar-refractivity contribution in [3.8, 4) is 16.9 Å². The quantitative estimate of drug-likeness (QED) is 0.854. The minimum absolute atomic E-state index is 0.0578. The molecule has 2 aromatic rings. The summed E-state index contributed by atoms with van der Waals surface area (Å²) < 4.78 is 5.18. The van der Waals surface area contributed by atoms with Gasteiger partial charge < -0.3 is 15.2 Å². The first-order valence-corrected chi connectivity index (χ1v) is 8.52. The lowest BCUT2D eigenvalue weighted by Crippen LogP contribution is -2.31. The average Bonchev–Trinajstić information content (AvgIpc) is 3.27. The van der Waals surface area contributed by atoms with E-state index in [-0.39, 0.29) is 17.9 Å². The number of amides is 1. The molecule has 5 heteroatoms. The maximum absolute atomic E-state index is 12.3. The molecule has 0 unspecified atom stereocenters. The minimum Gasteiger partial charge on any atom is -0.497 e. The van der Waals surface area contributed by atoms with Crippen LogP contribution in [0, 0.1) is 12.3 Å². The van der Waals surface area contributed by atoms with Crippen molar-refractivity contribution in [3.63, 3.8) is 0 Å². The third-order valence-electron chi connectivity index (χ3n) is 4.46. The third-order valence-corrected chi connectivity index (χ3v) is 5.51. The van der Waals surface area contributed by atoms with E-state index < -0.39 is 0 Å². The molecule has 1 aromatic carbocycles. The molecule has 122 valence electrons. The van der Waals surface area contributed by atoms with Crippen LogP contribution < -0.4 is 10.1 Å². The van der Waals surface area contributed by atoms with Crippen LogP contribution in [-0.2, 0) is 0 Å². The lowest BCUT2D eigenvalue weighted by molar-refractivity contribution is 0.0939. The van der Waals surface area contributed by atoms with Gasteiger partial charge in [0.25, 0.3) is 5.91 Å². The monoisotopic (exact) mass is 331 g/mol. The standard InChI is InChI=1S/C18H21NO3S/c1-12-15(13-3-5-14(22-2)6-4-13)9-16(23-12)17(21)19-10-18(11-20)7-8-18/h3-6,9,20H,7-8,10-11H2,1-2H3,(H,19,21). The number of hydrogen-bond donors (Lipinski definition) is 2. The van der Waals surface area contributed by atoms with Gasteiger partial charge in [-0.2, -0.15) is 0 Å². The molecule has 0 bridgehead atoms. The van der Waals surface area contributed by atoms with Crippen LogP contribution in [-0.4, -0.2) is 31.3 Å². The molecule has 0 atom stereocenters. The highest BCUT2D eigenvalue weighted by atomic mass is 32.1. The Labute approximate surface area is 140 Å². The molecular weight excluding hydrogens is 310 g/mol. The van der Waals surface area contributed by atoms with Crippen LogP contribution in [0.4, 0.5) is 0 Å². The van der Waals surface area contributed by atoms with Gasteiger partial charge in [0.15, 0.2) is 0 Å². The number of thiophene rings is 1. The van der Waals surface area contributed by atoms with Gasteiger partial charge in [-0.15, -0.1) is 11.3 Å². The van der Waals surface area contributed by atoms with Crippen molar-refractivity contribution in [1.82, 2.24) is 5.32 Å². The number of carbonyl (C=O) groups excluding carboxylic acids is 1. The number of aliphatic hydroxyl groups is 1. The smallest absolute Gasteiger partial charge is 0.261 e. The number of aryl methyl sites for hydroxylation is 1. The zero-order valence-electron chi connectivity index (χ0n) is 13.4. The third kappa shape index (κ3) is 3.41. The van der Waals surface area contributed by atoms with Gasteiger partial charge in [0.2, 0.25) is 0 Å². The summed E-state index contributed by atoms with van der Waals surface area (Å²) in [4.78, 5) is 14.2. The summed E-state index contributed by atoms with van der Waals surface area (Å²) in [6, 6.07) is 9.78. The Morgan fingerprint density at radius 3 is 2.61 bits per heavy atom. The topological polar surface area (TPSA) is 58.6 Å². The minimum atomic E-state index is -0.0687. The van der Waals surface area contributed by atoms with Gasteiger partial charge in [-0.3, -0.25) is 4.79 Å². The van der Waals surface area contributed by atoms with Crippen LogP contribution in [0.3, 0.4) is 0 Å². The number of nitrogens with one attached hydrogen (secondary N) is 1. The lowest BCUT2D eigenvalue weighted by atomic mass is 10.1. The maximum atomic E-state index is 12.3. The highest BCUT2D eigenvalue weighted by Gasteiger charge is 2.42. The molecule has 0 saturated heterocycles. The van der Waals surface area contributed by atoms with Crippen LogP contribution in [0.2, 0.25) is 0 Å². The zero-order valence-corrected chi connectivity index (χ0v) is 14.2.